The summed E-state index contributed by atoms with van der Waals surface area (Å²) < 4.78 is 0. The molecule has 0 atom stereocenters. The Labute approximate surface area is 73.7 Å². The van der Waals surface area contributed by atoms with Crippen molar-refractivity contribution in [3.05, 3.63) is 35.9 Å². The van der Waals surface area contributed by atoms with Crippen LogP contribution in [0.15, 0.2) is 30.3 Å². The van der Waals surface area contributed by atoms with E-state index in [1.807, 2.05) is 18.2 Å². The first kappa shape index (κ1) is 8.27. The predicted molar refractivity (Wildman–Crippen MR) is 46.7 cm³/mol. The van der Waals surface area contributed by atoms with Crippen LogP contribution in [0.25, 0.3) is 0 Å². The van der Waals surface area contributed by atoms with Crippen LogP contribution in [0.2, 0.25) is 0 Å². The molecule has 1 aromatic rings. The summed E-state index contributed by atoms with van der Waals surface area (Å²) in [6, 6.07) is 8.99. The maximum Gasteiger partial charge on any atom is 0.273 e. The van der Waals surface area contributed by atoms with E-state index >= 15 is 0 Å². The summed E-state index contributed by atoms with van der Waals surface area (Å²) in [5.74, 6) is -0.178. The van der Waals surface area contributed by atoms with E-state index in [-0.39, 0.29) is 5.91 Å². The summed E-state index contributed by atoms with van der Waals surface area (Å²) in [5.41, 5.74) is 0.993. The first-order chi connectivity index (χ1) is 5.34. The average Bonchev–Trinajstić information content (AvgIpc) is 2.07. The number of nitrogens with zero attached hydrogens (tertiary/aromatic N) is 1. The van der Waals surface area contributed by atoms with E-state index in [4.69, 9.17) is 0 Å². The van der Waals surface area contributed by atoms with Gasteiger partial charge in [-0.2, -0.15) is 0 Å². The quantitative estimate of drug-likeness (QED) is 0.544. The number of amides is 1. The van der Waals surface area contributed by atoms with E-state index in [0.717, 1.165) is 0 Å². The smallest absolute Gasteiger partial charge is 0.267 e. The van der Waals surface area contributed by atoms with Gasteiger partial charge < -0.3 is 0 Å². The van der Waals surface area contributed by atoms with Crippen LogP contribution in [-0.4, -0.2) is 11.4 Å². The molecule has 0 bridgehead atoms. The van der Waals surface area contributed by atoms with Crippen molar-refractivity contribution >= 4 is 21.8 Å². The lowest BCUT2D eigenvalue weighted by molar-refractivity contribution is 0.0957. The Morgan fingerprint density at radius 3 is 2.55 bits per heavy atom. The van der Waals surface area contributed by atoms with Gasteiger partial charge in [-0.15, -0.1) is 0 Å². The first-order valence-electron chi connectivity index (χ1n) is 3.17. The summed E-state index contributed by atoms with van der Waals surface area (Å²) in [7, 11) is 0. The van der Waals surface area contributed by atoms with Crippen LogP contribution in [0.4, 0.5) is 0 Å². The molecule has 0 fully saturated rings. The third-order valence-corrected chi connectivity index (χ3v) is 1.47. The molecular weight excluding hydrogens is 206 g/mol. The molecule has 0 aliphatic carbocycles. The lowest BCUT2D eigenvalue weighted by Crippen LogP contribution is -2.13. The number of hydrogen-bond donors (Lipinski definition) is 0. The number of benzene rings is 1. The first-order valence-corrected chi connectivity index (χ1v) is 4.29. The number of carbonyl (C=O) groups is 1. The highest BCUT2D eigenvalue weighted by Gasteiger charge is 2.02. The minimum Gasteiger partial charge on any atom is -0.267 e. The fourth-order valence-corrected chi connectivity index (χ4v) is 0.954. The van der Waals surface area contributed by atoms with Gasteiger partial charge in [0.05, 0.1) is 5.45 Å². The minimum atomic E-state index is -0.178. The van der Waals surface area contributed by atoms with Crippen LogP contribution in [0.3, 0.4) is 0 Å². The average molecular weight is 213 g/mol. The summed E-state index contributed by atoms with van der Waals surface area (Å²) >= 11 is 3.06. The highest BCUT2D eigenvalue weighted by Crippen LogP contribution is 1.98. The molecule has 0 unspecified atom stereocenters. The number of hydrogen-bond acceptors (Lipinski definition) is 1. The number of halogens is 1. The second-order valence-corrected chi connectivity index (χ2v) is 2.45. The predicted octanol–water partition coefficient (Wildman–Crippen LogP) is 1.78. The van der Waals surface area contributed by atoms with Gasteiger partial charge in [0.15, 0.2) is 0 Å². The molecule has 0 saturated carbocycles. The van der Waals surface area contributed by atoms with E-state index in [9.17, 15) is 4.79 Å². The third kappa shape index (κ3) is 2.35. The minimum absolute atomic E-state index is 0.178. The van der Waals surface area contributed by atoms with Gasteiger partial charge in [-0.1, -0.05) is 34.1 Å². The van der Waals surface area contributed by atoms with Crippen molar-refractivity contribution < 1.29 is 4.79 Å². The normalized spacial score (nSPS) is 9.18. The molecule has 0 aliphatic heterocycles. The second kappa shape index (κ2) is 4.13. The van der Waals surface area contributed by atoms with E-state index < -0.39 is 0 Å². The fraction of sp³-hybridized carbons (Fsp3) is 0.125. The fourth-order valence-electron chi connectivity index (χ4n) is 0.726. The van der Waals surface area contributed by atoms with Crippen LogP contribution >= 0.6 is 15.9 Å². The highest BCUT2D eigenvalue weighted by atomic mass is 79.9. The van der Waals surface area contributed by atoms with Crippen molar-refractivity contribution in [3.8, 4) is 0 Å². The molecule has 1 rings (SSSR count). The number of carbonyl (C=O) groups excluding carboxylic acids is 1. The van der Waals surface area contributed by atoms with Gasteiger partial charge in [0.1, 0.15) is 0 Å². The SMILES string of the molecule is O=C([N]CBr)c1ccccc1. The summed E-state index contributed by atoms with van der Waals surface area (Å²) in [5, 5.41) is 3.67. The second-order valence-electron chi connectivity index (χ2n) is 1.95. The van der Waals surface area contributed by atoms with Gasteiger partial charge in [-0.25, -0.2) is 5.32 Å². The topological polar surface area (TPSA) is 31.2 Å². The molecule has 0 spiro atoms. The number of alkyl halides is 1. The number of rotatable bonds is 2. The molecule has 11 heavy (non-hydrogen) atoms. The van der Waals surface area contributed by atoms with Gasteiger partial charge in [-0.05, 0) is 12.1 Å². The Bertz CT molecular complexity index is 235. The third-order valence-electron chi connectivity index (χ3n) is 1.22. The van der Waals surface area contributed by atoms with Crippen LogP contribution < -0.4 is 5.32 Å². The summed E-state index contributed by atoms with van der Waals surface area (Å²) in [6.45, 7) is 0. The monoisotopic (exact) mass is 212 g/mol. The van der Waals surface area contributed by atoms with Crippen LogP contribution in [0, 0.1) is 0 Å². The maximum absolute atomic E-state index is 11.0. The van der Waals surface area contributed by atoms with Gasteiger partial charge in [0, 0.05) is 5.56 Å². The molecule has 2 nitrogen and oxygen atoms in total. The van der Waals surface area contributed by atoms with E-state index in [0.29, 0.717) is 11.0 Å². The van der Waals surface area contributed by atoms with Gasteiger partial charge >= 0.3 is 0 Å². The lowest BCUT2D eigenvalue weighted by Gasteiger charge is -1.95. The zero-order valence-electron chi connectivity index (χ0n) is 5.83. The van der Waals surface area contributed by atoms with E-state index in [1.54, 1.807) is 12.1 Å². The van der Waals surface area contributed by atoms with Crippen molar-refractivity contribution in [1.29, 1.82) is 0 Å². The maximum atomic E-state index is 11.0. The molecule has 3 heteroatoms. The van der Waals surface area contributed by atoms with Crippen molar-refractivity contribution in [3.63, 3.8) is 0 Å². The molecule has 0 N–H and O–H groups in total. The molecule has 0 aromatic heterocycles. The molecule has 0 aliphatic rings. The Morgan fingerprint density at radius 1 is 1.36 bits per heavy atom. The molecule has 0 heterocycles. The Morgan fingerprint density at radius 2 is 2.00 bits per heavy atom. The standard InChI is InChI=1S/C8H7BrNO/c9-6-10-8(11)7-4-2-1-3-5-7/h1-5H,6H2. The largest absolute Gasteiger partial charge is 0.273 e. The zero-order valence-corrected chi connectivity index (χ0v) is 7.41. The van der Waals surface area contributed by atoms with Crippen molar-refractivity contribution in [2.75, 3.05) is 5.45 Å². The van der Waals surface area contributed by atoms with Gasteiger partial charge in [0.25, 0.3) is 5.91 Å². The van der Waals surface area contributed by atoms with Crippen molar-refractivity contribution in [1.82, 2.24) is 5.32 Å². The van der Waals surface area contributed by atoms with Crippen molar-refractivity contribution in [2.24, 2.45) is 0 Å². The van der Waals surface area contributed by atoms with E-state index in [2.05, 4.69) is 21.2 Å². The van der Waals surface area contributed by atoms with Crippen LogP contribution in [0.5, 0.6) is 0 Å². The molecule has 1 aromatic carbocycles. The molecule has 1 amide bonds. The molecule has 0 saturated heterocycles. The summed E-state index contributed by atoms with van der Waals surface area (Å²) in [6.07, 6.45) is 0. The van der Waals surface area contributed by atoms with E-state index in [1.165, 1.54) is 0 Å². The Balaban J connectivity index is 2.69. The lowest BCUT2D eigenvalue weighted by atomic mass is 10.2. The van der Waals surface area contributed by atoms with Crippen LogP contribution in [0.1, 0.15) is 10.4 Å². The molecule has 57 valence electrons. The van der Waals surface area contributed by atoms with Gasteiger partial charge in [0.2, 0.25) is 0 Å². The van der Waals surface area contributed by atoms with Crippen LogP contribution in [-0.2, 0) is 0 Å². The highest BCUT2D eigenvalue weighted by molar-refractivity contribution is 9.09. The summed E-state index contributed by atoms with van der Waals surface area (Å²) in [4.78, 5) is 11.0. The van der Waals surface area contributed by atoms with Gasteiger partial charge in [-0.3, -0.25) is 4.79 Å². The zero-order chi connectivity index (χ0) is 8.10. The molecular formula is C8H7BrNO. The Kier molecular flexibility index (Phi) is 3.11. The van der Waals surface area contributed by atoms with Crippen molar-refractivity contribution in [2.45, 2.75) is 0 Å². The molecule has 1 radical (unpaired) electrons. The Hall–Kier alpha value is -0.830.